The number of ether oxygens (including phenoxy) is 1. The normalized spacial score (nSPS) is 16.8. The van der Waals surface area contributed by atoms with Crippen LogP contribution in [0.5, 0.6) is 5.75 Å². The Balaban J connectivity index is 1.67. The third kappa shape index (κ3) is 3.79. The maximum atomic E-state index is 13.1. The van der Waals surface area contributed by atoms with Crippen LogP contribution < -0.4 is 15.0 Å². The zero-order chi connectivity index (χ0) is 17.8. The summed E-state index contributed by atoms with van der Waals surface area (Å²) in [7, 11) is 1.60. The summed E-state index contributed by atoms with van der Waals surface area (Å²) >= 11 is 0. The van der Waals surface area contributed by atoms with Gasteiger partial charge in [-0.25, -0.2) is 4.39 Å². The van der Waals surface area contributed by atoms with Gasteiger partial charge < -0.3 is 10.1 Å². The lowest BCUT2D eigenvalue weighted by molar-refractivity contribution is -0.124. The fourth-order valence-electron chi connectivity index (χ4n) is 2.91. The summed E-state index contributed by atoms with van der Waals surface area (Å²) in [5, 5.41) is 2.86. The molecule has 2 aromatic rings. The number of rotatable bonds is 5. The largest absolute Gasteiger partial charge is 0.497 e. The van der Waals surface area contributed by atoms with Crippen molar-refractivity contribution in [2.45, 2.75) is 25.4 Å². The van der Waals surface area contributed by atoms with E-state index in [1.165, 1.54) is 29.2 Å². The van der Waals surface area contributed by atoms with Gasteiger partial charge in [-0.05, 0) is 48.4 Å². The van der Waals surface area contributed by atoms with Crippen LogP contribution in [0, 0.1) is 5.82 Å². The Morgan fingerprint density at radius 2 is 1.88 bits per heavy atom. The van der Waals surface area contributed by atoms with Gasteiger partial charge in [-0.1, -0.05) is 12.1 Å². The summed E-state index contributed by atoms with van der Waals surface area (Å²) in [6.45, 7) is 0.366. The fraction of sp³-hybridized carbons (Fsp3) is 0.263. The Kier molecular flexibility index (Phi) is 4.97. The lowest BCUT2D eigenvalue weighted by Gasteiger charge is -2.24. The first-order chi connectivity index (χ1) is 12.1. The quantitative estimate of drug-likeness (QED) is 0.909. The van der Waals surface area contributed by atoms with Crippen LogP contribution in [0.25, 0.3) is 0 Å². The average molecular weight is 342 g/mol. The summed E-state index contributed by atoms with van der Waals surface area (Å²) in [4.78, 5) is 26.1. The Morgan fingerprint density at radius 1 is 1.20 bits per heavy atom. The molecule has 130 valence electrons. The van der Waals surface area contributed by atoms with Gasteiger partial charge in [-0.2, -0.15) is 0 Å². The lowest BCUT2D eigenvalue weighted by atomic mass is 10.1. The van der Waals surface area contributed by atoms with Crippen LogP contribution in [0.1, 0.15) is 18.4 Å². The fourth-order valence-corrected chi connectivity index (χ4v) is 2.91. The number of nitrogens with one attached hydrogen (secondary N) is 1. The summed E-state index contributed by atoms with van der Waals surface area (Å²) < 4.78 is 18.2. The first-order valence-corrected chi connectivity index (χ1v) is 8.07. The summed E-state index contributed by atoms with van der Waals surface area (Å²) in [6, 6.07) is 12.4. The lowest BCUT2D eigenvalue weighted by Crippen LogP contribution is -2.44. The Labute approximate surface area is 145 Å². The molecular formula is C19H19FN2O3. The molecule has 1 N–H and O–H groups in total. The number of hydrogen-bond donors (Lipinski definition) is 1. The van der Waals surface area contributed by atoms with Crippen molar-refractivity contribution >= 4 is 17.5 Å². The second-order valence-electron chi connectivity index (χ2n) is 5.86. The van der Waals surface area contributed by atoms with Crippen LogP contribution >= 0.6 is 0 Å². The predicted octanol–water partition coefficient (Wildman–Crippen LogP) is 2.65. The van der Waals surface area contributed by atoms with Crippen LogP contribution in [0.15, 0.2) is 48.5 Å². The molecular weight excluding hydrogens is 323 g/mol. The standard InChI is InChI=1S/C19H19FN2O3/c1-25-16-8-2-13(3-9-16)12-21-19(24)17-10-11-18(23)22(17)15-6-4-14(20)5-7-15/h2-9,17H,10-12H2,1H3,(H,21,24). The number of methoxy groups -OCH3 is 1. The van der Waals surface area contributed by atoms with Crippen LogP contribution in [0.2, 0.25) is 0 Å². The average Bonchev–Trinajstić information content (AvgIpc) is 3.02. The van der Waals surface area contributed by atoms with Gasteiger partial charge in [-0.3, -0.25) is 14.5 Å². The second kappa shape index (κ2) is 7.34. The van der Waals surface area contributed by atoms with Crippen molar-refractivity contribution in [3.05, 3.63) is 59.9 Å². The van der Waals surface area contributed by atoms with E-state index in [1.807, 2.05) is 24.3 Å². The number of nitrogens with zero attached hydrogens (tertiary/aromatic N) is 1. The molecule has 6 heteroatoms. The van der Waals surface area contributed by atoms with Gasteiger partial charge in [0.1, 0.15) is 17.6 Å². The van der Waals surface area contributed by atoms with Crippen LogP contribution in [0.4, 0.5) is 10.1 Å². The van der Waals surface area contributed by atoms with E-state index in [0.717, 1.165) is 11.3 Å². The van der Waals surface area contributed by atoms with E-state index in [-0.39, 0.29) is 17.6 Å². The molecule has 0 spiro atoms. The highest BCUT2D eigenvalue weighted by molar-refractivity contribution is 6.03. The van der Waals surface area contributed by atoms with Gasteiger partial charge in [0.25, 0.3) is 0 Å². The van der Waals surface area contributed by atoms with Crippen LogP contribution in [-0.2, 0) is 16.1 Å². The van der Waals surface area contributed by atoms with Crippen LogP contribution in [0.3, 0.4) is 0 Å². The van der Waals surface area contributed by atoms with Gasteiger partial charge in [0.15, 0.2) is 0 Å². The van der Waals surface area contributed by atoms with Gasteiger partial charge in [0.05, 0.1) is 7.11 Å². The molecule has 0 aliphatic carbocycles. The molecule has 1 aliphatic rings. The zero-order valence-corrected chi connectivity index (χ0v) is 13.9. The van der Waals surface area contributed by atoms with E-state index >= 15 is 0 Å². The predicted molar refractivity (Wildman–Crippen MR) is 91.7 cm³/mol. The van der Waals surface area contributed by atoms with E-state index in [9.17, 15) is 14.0 Å². The minimum absolute atomic E-state index is 0.129. The molecule has 0 aromatic heterocycles. The van der Waals surface area contributed by atoms with Crippen molar-refractivity contribution in [1.29, 1.82) is 0 Å². The molecule has 1 atom stereocenters. The van der Waals surface area contributed by atoms with Crippen molar-refractivity contribution in [1.82, 2.24) is 5.32 Å². The number of halogens is 1. The first-order valence-electron chi connectivity index (χ1n) is 8.07. The smallest absolute Gasteiger partial charge is 0.243 e. The van der Waals surface area contributed by atoms with E-state index in [0.29, 0.717) is 25.1 Å². The molecule has 1 heterocycles. The number of benzene rings is 2. The highest BCUT2D eigenvalue weighted by Gasteiger charge is 2.36. The molecule has 0 saturated carbocycles. The third-order valence-corrected chi connectivity index (χ3v) is 4.25. The number of anilines is 1. The monoisotopic (exact) mass is 342 g/mol. The Morgan fingerprint density at radius 3 is 2.52 bits per heavy atom. The van der Waals surface area contributed by atoms with Crippen molar-refractivity contribution in [3.8, 4) is 5.75 Å². The van der Waals surface area contributed by atoms with Gasteiger partial charge in [-0.15, -0.1) is 0 Å². The molecule has 1 saturated heterocycles. The highest BCUT2D eigenvalue weighted by atomic mass is 19.1. The van der Waals surface area contributed by atoms with E-state index in [2.05, 4.69) is 5.32 Å². The molecule has 2 amide bonds. The molecule has 2 aromatic carbocycles. The first kappa shape index (κ1) is 17.0. The van der Waals surface area contributed by atoms with Gasteiger partial charge >= 0.3 is 0 Å². The summed E-state index contributed by atoms with van der Waals surface area (Å²) in [5.41, 5.74) is 1.47. The number of hydrogen-bond acceptors (Lipinski definition) is 3. The SMILES string of the molecule is COc1ccc(CNC(=O)C2CCC(=O)N2c2ccc(F)cc2)cc1. The van der Waals surface area contributed by atoms with Gasteiger partial charge in [0.2, 0.25) is 11.8 Å². The minimum atomic E-state index is -0.573. The number of carbonyl (C=O) groups excluding carboxylic acids is 2. The third-order valence-electron chi connectivity index (χ3n) is 4.25. The highest BCUT2D eigenvalue weighted by Crippen LogP contribution is 2.27. The summed E-state index contributed by atoms with van der Waals surface area (Å²) in [5.74, 6) is 0.0250. The molecule has 1 unspecified atom stereocenters. The molecule has 25 heavy (non-hydrogen) atoms. The van der Waals surface area contributed by atoms with Gasteiger partial charge in [0, 0.05) is 18.7 Å². The summed E-state index contributed by atoms with van der Waals surface area (Å²) in [6.07, 6.45) is 0.753. The second-order valence-corrected chi connectivity index (χ2v) is 5.86. The van der Waals surface area contributed by atoms with E-state index in [4.69, 9.17) is 4.74 Å². The van der Waals surface area contributed by atoms with E-state index < -0.39 is 6.04 Å². The maximum Gasteiger partial charge on any atom is 0.243 e. The maximum absolute atomic E-state index is 13.1. The number of carbonyl (C=O) groups is 2. The van der Waals surface area contributed by atoms with Crippen LogP contribution in [-0.4, -0.2) is 25.0 Å². The topological polar surface area (TPSA) is 58.6 Å². The zero-order valence-electron chi connectivity index (χ0n) is 13.9. The molecule has 0 radical (unpaired) electrons. The number of amides is 2. The van der Waals surface area contributed by atoms with Crippen molar-refractivity contribution in [2.24, 2.45) is 0 Å². The Bertz CT molecular complexity index is 759. The van der Waals surface area contributed by atoms with Crippen molar-refractivity contribution in [2.75, 3.05) is 12.0 Å². The van der Waals surface area contributed by atoms with Crippen molar-refractivity contribution < 1.29 is 18.7 Å². The molecule has 3 rings (SSSR count). The Hall–Kier alpha value is -2.89. The van der Waals surface area contributed by atoms with E-state index in [1.54, 1.807) is 7.11 Å². The molecule has 1 aliphatic heterocycles. The van der Waals surface area contributed by atoms with Crippen molar-refractivity contribution in [3.63, 3.8) is 0 Å². The molecule has 1 fully saturated rings. The molecule has 5 nitrogen and oxygen atoms in total. The minimum Gasteiger partial charge on any atom is -0.497 e. The molecule has 0 bridgehead atoms.